The molecule has 0 rings (SSSR count). The topological polar surface area (TPSA) is 78.9 Å². The van der Waals surface area contributed by atoms with Crippen molar-refractivity contribution in [3.63, 3.8) is 0 Å². The Hall–Kier alpha value is -2.63. The van der Waals surface area contributed by atoms with Crippen LogP contribution in [-0.4, -0.2) is 37.2 Å². The highest BCUT2D eigenvalue weighted by atomic mass is 16.6. The van der Waals surface area contributed by atoms with Gasteiger partial charge in [-0.3, -0.25) is 14.4 Å². The molecule has 1 unspecified atom stereocenters. The lowest BCUT2D eigenvalue weighted by Crippen LogP contribution is -2.30. The Morgan fingerprint density at radius 3 is 1.09 bits per heavy atom. The van der Waals surface area contributed by atoms with Crippen LogP contribution in [0.3, 0.4) is 0 Å². The van der Waals surface area contributed by atoms with E-state index < -0.39 is 6.10 Å². The van der Waals surface area contributed by atoms with E-state index in [2.05, 4.69) is 69.4 Å². The van der Waals surface area contributed by atoms with E-state index in [0.29, 0.717) is 19.3 Å². The zero-order chi connectivity index (χ0) is 42.3. The van der Waals surface area contributed by atoms with Crippen molar-refractivity contribution >= 4 is 17.9 Å². The molecule has 6 nitrogen and oxygen atoms in total. The van der Waals surface area contributed by atoms with Crippen molar-refractivity contribution in [2.45, 2.75) is 252 Å². The van der Waals surface area contributed by atoms with Gasteiger partial charge in [0.1, 0.15) is 13.2 Å². The lowest BCUT2D eigenvalue weighted by atomic mass is 10.1. The Morgan fingerprint density at radius 1 is 0.362 bits per heavy atom. The summed E-state index contributed by atoms with van der Waals surface area (Å²) in [4.78, 5) is 37.8. The average Bonchev–Trinajstić information content (AvgIpc) is 3.22. The fourth-order valence-electron chi connectivity index (χ4n) is 6.86. The van der Waals surface area contributed by atoms with Crippen LogP contribution < -0.4 is 0 Å². The van der Waals surface area contributed by atoms with Gasteiger partial charge in [-0.15, -0.1) is 0 Å². The maximum Gasteiger partial charge on any atom is 0.306 e. The van der Waals surface area contributed by atoms with E-state index in [1.165, 1.54) is 109 Å². The standard InChI is InChI=1S/C52H92O6/c1-4-7-10-13-16-19-22-24-25-26-27-29-30-33-36-39-42-45-51(54)57-48-49(47-56-50(53)44-41-38-35-32-21-18-15-12-9-6-3)58-52(55)46-43-40-37-34-31-28-23-20-17-14-11-8-5-2/h7,10,16,19-20,23-25,49H,4-6,8-9,11-15,17-18,21-22,26-48H2,1-3H3/b10-7-,19-16-,23-20-,25-24-. The molecule has 0 aliphatic rings. The fourth-order valence-corrected chi connectivity index (χ4v) is 6.86. The van der Waals surface area contributed by atoms with Crippen molar-refractivity contribution in [3.8, 4) is 0 Å². The molecule has 0 spiro atoms. The van der Waals surface area contributed by atoms with Crippen molar-refractivity contribution in [3.05, 3.63) is 48.6 Å². The predicted molar refractivity (Wildman–Crippen MR) is 247 cm³/mol. The number of ether oxygens (including phenoxy) is 3. The van der Waals surface area contributed by atoms with Gasteiger partial charge in [-0.1, -0.05) is 198 Å². The van der Waals surface area contributed by atoms with E-state index in [0.717, 1.165) is 96.3 Å². The van der Waals surface area contributed by atoms with Gasteiger partial charge < -0.3 is 14.2 Å². The molecule has 0 aromatic carbocycles. The normalized spacial score (nSPS) is 12.4. The molecule has 6 heteroatoms. The second kappa shape index (κ2) is 47.1. The molecule has 0 bridgehead atoms. The molecule has 0 aliphatic carbocycles. The van der Waals surface area contributed by atoms with Gasteiger partial charge in [-0.2, -0.15) is 0 Å². The zero-order valence-corrected chi connectivity index (χ0v) is 38.3. The molecule has 0 amide bonds. The van der Waals surface area contributed by atoms with Crippen LogP contribution in [0.2, 0.25) is 0 Å². The SMILES string of the molecule is CC/C=C\C/C=C\C/C=C\CCCCCCCCCC(=O)OCC(COC(=O)CCCCCCCCCCCC)OC(=O)CCCCCCC/C=C\CCCCCC. The predicted octanol–water partition coefficient (Wildman–Crippen LogP) is 15.9. The summed E-state index contributed by atoms with van der Waals surface area (Å²) >= 11 is 0. The first-order chi connectivity index (χ1) is 28.5. The molecule has 0 aliphatic heterocycles. The molecular formula is C52H92O6. The molecule has 0 heterocycles. The minimum Gasteiger partial charge on any atom is -0.462 e. The molecule has 0 fully saturated rings. The van der Waals surface area contributed by atoms with E-state index in [9.17, 15) is 14.4 Å². The summed E-state index contributed by atoms with van der Waals surface area (Å²) in [7, 11) is 0. The second-order valence-corrected chi connectivity index (χ2v) is 16.3. The maximum atomic E-state index is 12.7. The third-order valence-electron chi connectivity index (χ3n) is 10.6. The van der Waals surface area contributed by atoms with Crippen LogP contribution in [0, 0.1) is 0 Å². The van der Waals surface area contributed by atoms with Gasteiger partial charge in [-0.25, -0.2) is 0 Å². The molecule has 0 aromatic rings. The summed E-state index contributed by atoms with van der Waals surface area (Å²) in [6.07, 6.45) is 55.2. The zero-order valence-electron chi connectivity index (χ0n) is 38.3. The largest absolute Gasteiger partial charge is 0.462 e. The van der Waals surface area contributed by atoms with E-state index in [1.807, 2.05) is 0 Å². The van der Waals surface area contributed by atoms with Crippen LogP contribution in [0.1, 0.15) is 245 Å². The molecule has 0 N–H and O–H groups in total. The molecule has 0 radical (unpaired) electrons. The first-order valence-electron chi connectivity index (χ1n) is 24.6. The lowest BCUT2D eigenvalue weighted by molar-refractivity contribution is -0.167. The quantitative estimate of drug-likeness (QED) is 0.0264. The van der Waals surface area contributed by atoms with E-state index >= 15 is 0 Å². The fraction of sp³-hybridized carbons (Fsp3) is 0.788. The van der Waals surface area contributed by atoms with E-state index in [4.69, 9.17) is 14.2 Å². The van der Waals surface area contributed by atoms with Crippen molar-refractivity contribution in [2.75, 3.05) is 13.2 Å². The van der Waals surface area contributed by atoms with Crippen LogP contribution in [0.15, 0.2) is 48.6 Å². The molecule has 1 atom stereocenters. The Balaban J connectivity index is 4.36. The van der Waals surface area contributed by atoms with Gasteiger partial charge in [-0.05, 0) is 77.0 Å². The molecule has 336 valence electrons. The Morgan fingerprint density at radius 2 is 0.672 bits per heavy atom. The van der Waals surface area contributed by atoms with Gasteiger partial charge in [0.2, 0.25) is 0 Å². The minimum atomic E-state index is -0.777. The lowest BCUT2D eigenvalue weighted by Gasteiger charge is -2.18. The van der Waals surface area contributed by atoms with Gasteiger partial charge in [0.15, 0.2) is 6.10 Å². The second-order valence-electron chi connectivity index (χ2n) is 16.3. The number of carbonyl (C=O) groups excluding carboxylic acids is 3. The van der Waals surface area contributed by atoms with Gasteiger partial charge >= 0.3 is 17.9 Å². The minimum absolute atomic E-state index is 0.0779. The van der Waals surface area contributed by atoms with Crippen molar-refractivity contribution < 1.29 is 28.6 Å². The average molecular weight is 813 g/mol. The number of hydrogen-bond donors (Lipinski definition) is 0. The Kier molecular flexibility index (Phi) is 44.9. The van der Waals surface area contributed by atoms with Crippen LogP contribution in [0.25, 0.3) is 0 Å². The first-order valence-corrected chi connectivity index (χ1v) is 24.6. The molecule has 58 heavy (non-hydrogen) atoms. The van der Waals surface area contributed by atoms with Crippen LogP contribution in [0.5, 0.6) is 0 Å². The van der Waals surface area contributed by atoms with Gasteiger partial charge in [0.05, 0.1) is 0 Å². The molecule has 0 saturated heterocycles. The van der Waals surface area contributed by atoms with Gasteiger partial charge in [0.25, 0.3) is 0 Å². The highest BCUT2D eigenvalue weighted by Gasteiger charge is 2.19. The number of hydrogen-bond acceptors (Lipinski definition) is 6. The summed E-state index contributed by atoms with van der Waals surface area (Å²) in [5.74, 6) is -0.895. The monoisotopic (exact) mass is 813 g/mol. The molecule has 0 aromatic heterocycles. The first kappa shape index (κ1) is 55.4. The smallest absolute Gasteiger partial charge is 0.306 e. The molecular weight excluding hydrogens is 721 g/mol. The summed E-state index contributed by atoms with van der Waals surface area (Å²) in [6.45, 7) is 6.49. The highest BCUT2D eigenvalue weighted by molar-refractivity contribution is 5.71. The van der Waals surface area contributed by atoms with Crippen LogP contribution in [0.4, 0.5) is 0 Å². The van der Waals surface area contributed by atoms with E-state index in [1.54, 1.807) is 0 Å². The summed E-state index contributed by atoms with van der Waals surface area (Å²) < 4.78 is 16.7. The van der Waals surface area contributed by atoms with Crippen molar-refractivity contribution in [2.24, 2.45) is 0 Å². The Labute approximate surface area is 358 Å². The number of rotatable bonds is 44. The summed E-state index contributed by atoms with van der Waals surface area (Å²) in [5, 5.41) is 0. The number of allylic oxidation sites excluding steroid dienone is 8. The number of carbonyl (C=O) groups is 3. The summed E-state index contributed by atoms with van der Waals surface area (Å²) in [6, 6.07) is 0. The molecule has 0 saturated carbocycles. The third-order valence-corrected chi connectivity index (χ3v) is 10.6. The van der Waals surface area contributed by atoms with Gasteiger partial charge in [0, 0.05) is 19.3 Å². The Bertz CT molecular complexity index is 1030. The number of unbranched alkanes of at least 4 members (excludes halogenated alkanes) is 25. The number of esters is 3. The van der Waals surface area contributed by atoms with Crippen molar-refractivity contribution in [1.29, 1.82) is 0 Å². The highest BCUT2D eigenvalue weighted by Crippen LogP contribution is 2.14. The van der Waals surface area contributed by atoms with Crippen LogP contribution in [-0.2, 0) is 28.6 Å². The summed E-state index contributed by atoms with van der Waals surface area (Å²) in [5.41, 5.74) is 0. The van der Waals surface area contributed by atoms with E-state index in [-0.39, 0.29) is 31.1 Å². The maximum absolute atomic E-state index is 12.7. The third kappa shape index (κ3) is 44.5. The van der Waals surface area contributed by atoms with Crippen molar-refractivity contribution in [1.82, 2.24) is 0 Å². The van der Waals surface area contributed by atoms with Crippen LogP contribution >= 0.6 is 0 Å².